The van der Waals surface area contributed by atoms with Gasteiger partial charge in [-0.1, -0.05) is 31.0 Å². The van der Waals surface area contributed by atoms with Crippen LogP contribution in [0.25, 0.3) is 0 Å². The molecule has 5 heteroatoms. The van der Waals surface area contributed by atoms with Crippen molar-refractivity contribution in [3.63, 3.8) is 0 Å². The predicted molar refractivity (Wildman–Crippen MR) is 77.7 cm³/mol. The summed E-state index contributed by atoms with van der Waals surface area (Å²) < 4.78 is 10.8. The number of carbonyl (C=O) groups is 1. The fraction of sp³-hybridized carbons (Fsp3) is 0.500. The van der Waals surface area contributed by atoms with Gasteiger partial charge in [0, 0.05) is 5.56 Å². The van der Waals surface area contributed by atoms with Gasteiger partial charge in [-0.15, -0.1) is 0 Å². The van der Waals surface area contributed by atoms with E-state index in [-0.39, 0.29) is 18.6 Å². The molecule has 0 saturated heterocycles. The minimum Gasteiger partial charge on any atom is -0.496 e. The van der Waals surface area contributed by atoms with Crippen molar-refractivity contribution in [2.75, 3.05) is 13.7 Å². The molecule has 1 aliphatic rings. The Bertz CT molecular complexity index is 518. The van der Waals surface area contributed by atoms with E-state index in [0.29, 0.717) is 11.3 Å². The van der Waals surface area contributed by atoms with Crippen molar-refractivity contribution in [2.45, 2.75) is 37.8 Å². The topological polar surface area (TPSA) is 71.3 Å². The van der Waals surface area contributed by atoms with E-state index in [1.807, 2.05) is 12.1 Å². The van der Waals surface area contributed by atoms with Gasteiger partial charge in [-0.3, -0.25) is 4.79 Å². The Morgan fingerprint density at radius 1 is 1.43 bits per heavy atom. The third kappa shape index (κ3) is 4.20. The number of nitrogens with zero attached hydrogens (tertiary/aromatic N) is 1. The summed E-state index contributed by atoms with van der Waals surface area (Å²) >= 11 is 0. The van der Waals surface area contributed by atoms with Crippen LogP contribution in [0.15, 0.2) is 24.3 Å². The number of benzene rings is 1. The van der Waals surface area contributed by atoms with E-state index in [1.165, 1.54) is 7.11 Å². The molecule has 1 aromatic rings. The fourth-order valence-electron chi connectivity index (χ4n) is 2.54. The fourth-order valence-corrected chi connectivity index (χ4v) is 2.54. The monoisotopic (exact) mass is 288 g/mol. The molecule has 5 nitrogen and oxygen atoms in total. The number of nitrogens with one attached hydrogen (secondary N) is 1. The molecular weight excluding hydrogens is 268 g/mol. The summed E-state index contributed by atoms with van der Waals surface area (Å²) in [5, 5.41) is 11.9. The molecule has 1 amide bonds. The zero-order valence-corrected chi connectivity index (χ0v) is 12.2. The molecule has 1 N–H and O–H groups in total. The number of hydrogen-bond donors (Lipinski definition) is 1. The first-order valence-electron chi connectivity index (χ1n) is 7.18. The highest BCUT2D eigenvalue weighted by molar-refractivity contribution is 5.78. The summed E-state index contributed by atoms with van der Waals surface area (Å²) in [5.41, 5.74) is 0.650. The second-order valence-electron chi connectivity index (χ2n) is 5.09. The van der Waals surface area contributed by atoms with Crippen LogP contribution >= 0.6 is 0 Å². The predicted octanol–water partition coefficient (Wildman–Crippen LogP) is 2.34. The van der Waals surface area contributed by atoms with Crippen LogP contribution in [0.3, 0.4) is 0 Å². The largest absolute Gasteiger partial charge is 0.496 e. The van der Waals surface area contributed by atoms with Crippen LogP contribution in [0.4, 0.5) is 0 Å². The van der Waals surface area contributed by atoms with Crippen LogP contribution in [-0.4, -0.2) is 25.7 Å². The third-order valence-electron chi connectivity index (χ3n) is 3.64. The lowest BCUT2D eigenvalue weighted by Gasteiger charge is -2.16. The van der Waals surface area contributed by atoms with Crippen molar-refractivity contribution >= 4 is 5.91 Å². The zero-order valence-electron chi connectivity index (χ0n) is 12.2. The van der Waals surface area contributed by atoms with E-state index < -0.39 is 6.04 Å². The van der Waals surface area contributed by atoms with Gasteiger partial charge in [-0.05, 0) is 18.9 Å². The van der Waals surface area contributed by atoms with Gasteiger partial charge in [-0.25, -0.2) is 0 Å². The summed E-state index contributed by atoms with van der Waals surface area (Å²) in [6, 6.07) is 8.51. The number of rotatable bonds is 6. The SMILES string of the molecule is COc1ccccc1[C@@H](C#N)NC(=O)COC1CCCC1. The second-order valence-corrected chi connectivity index (χ2v) is 5.09. The van der Waals surface area contributed by atoms with Gasteiger partial charge in [0.25, 0.3) is 0 Å². The van der Waals surface area contributed by atoms with E-state index in [0.717, 1.165) is 25.7 Å². The van der Waals surface area contributed by atoms with Crippen molar-refractivity contribution in [1.82, 2.24) is 5.32 Å². The minimum absolute atomic E-state index is 0.00199. The van der Waals surface area contributed by atoms with E-state index in [9.17, 15) is 10.1 Å². The van der Waals surface area contributed by atoms with Crippen LogP contribution in [0, 0.1) is 11.3 Å². The summed E-state index contributed by atoms with van der Waals surface area (Å²) in [4.78, 5) is 11.9. The van der Waals surface area contributed by atoms with Gasteiger partial charge in [0.1, 0.15) is 18.4 Å². The second kappa shape index (κ2) is 7.65. The molecule has 0 radical (unpaired) electrons. The van der Waals surface area contributed by atoms with Crippen molar-refractivity contribution in [3.8, 4) is 11.8 Å². The molecule has 0 heterocycles. The number of hydrogen-bond acceptors (Lipinski definition) is 4. The Labute approximate surface area is 124 Å². The van der Waals surface area contributed by atoms with Crippen molar-refractivity contribution < 1.29 is 14.3 Å². The van der Waals surface area contributed by atoms with Gasteiger partial charge in [0.2, 0.25) is 5.91 Å². The number of carbonyl (C=O) groups excluding carboxylic acids is 1. The van der Waals surface area contributed by atoms with Crippen molar-refractivity contribution in [1.29, 1.82) is 5.26 Å². The van der Waals surface area contributed by atoms with E-state index in [4.69, 9.17) is 9.47 Å². The van der Waals surface area contributed by atoms with E-state index in [2.05, 4.69) is 11.4 Å². The smallest absolute Gasteiger partial charge is 0.247 e. The molecule has 112 valence electrons. The Morgan fingerprint density at radius 3 is 2.81 bits per heavy atom. The maximum atomic E-state index is 11.9. The Kier molecular flexibility index (Phi) is 5.59. The van der Waals surface area contributed by atoms with Gasteiger partial charge in [0.05, 0.1) is 19.3 Å². The maximum Gasteiger partial charge on any atom is 0.247 e. The molecule has 0 spiro atoms. The van der Waals surface area contributed by atoms with Gasteiger partial charge in [0.15, 0.2) is 0 Å². The summed E-state index contributed by atoms with van der Waals surface area (Å²) in [6.07, 6.45) is 4.54. The minimum atomic E-state index is -0.735. The lowest BCUT2D eigenvalue weighted by molar-refractivity contribution is -0.128. The average molecular weight is 288 g/mol. The van der Waals surface area contributed by atoms with E-state index >= 15 is 0 Å². The molecule has 1 aliphatic carbocycles. The van der Waals surface area contributed by atoms with Gasteiger partial charge in [-0.2, -0.15) is 5.26 Å². The highest BCUT2D eigenvalue weighted by Gasteiger charge is 2.20. The Morgan fingerprint density at radius 2 is 2.14 bits per heavy atom. The Balaban J connectivity index is 1.92. The molecule has 0 unspecified atom stereocenters. The average Bonchev–Trinajstić information content (AvgIpc) is 3.04. The quantitative estimate of drug-likeness (QED) is 0.872. The highest BCUT2D eigenvalue weighted by Crippen LogP contribution is 2.24. The maximum absolute atomic E-state index is 11.9. The summed E-state index contributed by atoms with van der Waals surface area (Å²) in [5.74, 6) is 0.306. The first kappa shape index (κ1) is 15.3. The lowest BCUT2D eigenvalue weighted by Crippen LogP contribution is -2.32. The molecule has 1 aromatic carbocycles. The molecule has 1 fully saturated rings. The van der Waals surface area contributed by atoms with Crippen LogP contribution in [-0.2, 0) is 9.53 Å². The number of amides is 1. The number of ether oxygens (including phenoxy) is 2. The first-order valence-corrected chi connectivity index (χ1v) is 7.18. The number of para-hydroxylation sites is 1. The first-order chi connectivity index (χ1) is 10.2. The normalized spacial score (nSPS) is 16.2. The summed E-state index contributed by atoms with van der Waals surface area (Å²) in [7, 11) is 1.54. The number of methoxy groups -OCH3 is 1. The third-order valence-corrected chi connectivity index (χ3v) is 3.64. The Hall–Kier alpha value is -2.06. The van der Waals surface area contributed by atoms with Crippen LogP contribution in [0.5, 0.6) is 5.75 Å². The van der Waals surface area contributed by atoms with Crippen molar-refractivity contribution in [2.24, 2.45) is 0 Å². The van der Waals surface area contributed by atoms with Gasteiger partial charge < -0.3 is 14.8 Å². The molecule has 1 saturated carbocycles. The standard InChI is InChI=1S/C16H20N2O3/c1-20-15-9-5-4-8-13(15)14(10-17)18-16(19)11-21-12-6-2-3-7-12/h4-5,8-9,12,14H,2-3,6-7,11H2,1H3,(H,18,19)/t14-/m1/s1. The van der Waals surface area contributed by atoms with Crippen LogP contribution in [0.2, 0.25) is 0 Å². The van der Waals surface area contributed by atoms with Crippen molar-refractivity contribution in [3.05, 3.63) is 29.8 Å². The van der Waals surface area contributed by atoms with E-state index in [1.54, 1.807) is 12.1 Å². The molecule has 21 heavy (non-hydrogen) atoms. The molecule has 0 aliphatic heterocycles. The van der Waals surface area contributed by atoms with Crippen LogP contribution < -0.4 is 10.1 Å². The lowest BCUT2D eigenvalue weighted by atomic mass is 10.1. The molecular formula is C16H20N2O3. The molecule has 0 bridgehead atoms. The summed E-state index contributed by atoms with van der Waals surface area (Å²) in [6.45, 7) is -0.00199. The van der Waals surface area contributed by atoms with Gasteiger partial charge >= 0.3 is 0 Å². The molecule has 0 aromatic heterocycles. The van der Waals surface area contributed by atoms with Crippen LogP contribution in [0.1, 0.15) is 37.3 Å². The highest BCUT2D eigenvalue weighted by atomic mass is 16.5. The number of nitriles is 1. The zero-order chi connectivity index (χ0) is 15.1. The molecule has 1 atom stereocenters. The molecule has 2 rings (SSSR count).